The summed E-state index contributed by atoms with van der Waals surface area (Å²) < 4.78 is 7.07. The summed E-state index contributed by atoms with van der Waals surface area (Å²) in [6, 6.07) is 18.1. The van der Waals surface area contributed by atoms with E-state index in [4.69, 9.17) is 4.74 Å². The van der Waals surface area contributed by atoms with Crippen molar-refractivity contribution in [1.29, 1.82) is 0 Å². The van der Waals surface area contributed by atoms with Gasteiger partial charge in [0.2, 0.25) is 5.91 Å². The third kappa shape index (κ3) is 4.29. The molecule has 1 aromatic heterocycles. The molecule has 29 heavy (non-hydrogen) atoms. The second-order valence-corrected chi connectivity index (χ2v) is 8.19. The summed E-state index contributed by atoms with van der Waals surface area (Å²) in [6.07, 6.45) is 5.11. The minimum Gasteiger partial charge on any atom is -0.497 e. The van der Waals surface area contributed by atoms with Crippen LogP contribution in [0, 0.1) is 0 Å². The largest absolute Gasteiger partial charge is 0.497 e. The first-order valence-electron chi connectivity index (χ1n) is 9.70. The van der Waals surface area contributed by atoms with Crippen LogP contribution in [0.2, 0.25) is 0 Å². The molecule has 0 bridgehead atoms. The predicted molar refractivity (Wildman–Crippen MR) is 114 cm³/mol. The van der Waals surface area contributed by atoms with Gasteiger partial charge in [-0.25, -0.2) is 0 Å². The van der Waals surface area contributed by atoms with Crippen LogP contribution in [-0.2, 0) is 10.2 Å². The van der Waals surface area contributed by atoms with E-state index in [0.717, 1.165) is 24.3 Å². The van der Waals surface area contributed by atoms with Crippen LogP contribution in [0.1, 0.15) is 24.8 Å². The average Bonchev–Trinajstić information content (AvgIpc) is 3.21. The summed E-state index contributed by atoms with van der Waals surface area (Å²) in [4.78, 5) is 12.5. The molecule has 1 saturated carbocycles. The predicted octanol–water partition coefficient (Wildman–Crippen LogP) is 3.61. The number of methoxy groups -OCH3 is 1. The van der Waals surface area contributed by atoms with Gasteiger partial charge in [-0.15, -0.1) is 10.2 Å². The second-order valence-electron chi connectivity index (χ2n) is 7.25. The lowest BCUT2D eigenvalue weighted by molar-refractivity contribution is -0.119. The zero-order chi connectivity index (χ0) is 20.1. The maximum absolute atomic E-state index is 12.5. The number of nitrogens with zero attached hydrogens (tertiary/aromatic N) is 3. The Balaban J connectivity index is 1.34. The smallest absolute Gasteiger partial charge is 0.230 e. The normalized spacial score (nSPS) is 14.8. The number of carbonyl (C=O) groups excluding carboxylic acids is 1. The molecule has 0 radical (unpaired) electrons. The number of aromatic nitrogens is 3. The number of amides is 1. The topological polar surface area (TPSA) is 69.0 Å². The van der Waals surface area contributed by atoms with Gasteiger partial charge in [0.25, 0.3) is 0 Å². The number of hydrogen-bond donors (Lipinski definition) is 1. The molecular formula is C22H24N4O2S. The molecule has 3 aromatic rings. The molecular weight excluding hydrogens is 384 g/mol. The van der Waals surface area contributed by atoms with E-state index in [0.29, 0.717) is 17.5 Å². The van der Waals surface area contributed by atoms with Crippen LogP contribution in [-0.4, -0.2) is 40.1 Å². The molecule has 1 amide bonds. The number of rotatable bonds is 8. The molecule has 6 nitrogen and oxygen atoms in total. The molecule has 1 N–H and O–H groups in total. The van der Waals surface area contributed by atoms with Crippen LogP contribution in [0.4, 0.5) is 0 Å². The fourth-order valence-electron chi connectivity index (χ4n) is 3.65. The Morgan fingerprint density at radius 3 is 2.59 bits per heavy atom. The summed E-state index contributed by atoms with van der Waals surface area (Å²) in [5, 5.41) is 12.0. The highest BCUT2D eigenvalue weighted by Crippen LogP contribution is 2.43. The third-order valence-corrected chi connectivity index (χ3v) is 6.46. The number of benzene rings is 2. The molecule has 0 spiro atoms. The molecule has 4 rings (SSSR count). The van der Waals surface area contributed by atoms with Gasteiger partial charge in [-0.3, -0.25) is 9.36 Å². The Morgan fingerprint density at radius 1 is 1.17 bits per heavy atom. The highest BCUT2D eigenvalue weighted by atomic mass is 32.2. The average molecular weight is 409 g/mol. The van der Waals surface area contributed by atoms with Gasteiger partial charge in [-0.2, -0.15) is 0 Å². The quantitative estimate of drug-likeness (QED) is 0.577. The lowest BCUT2D eigenvalue weighted by Crippen LogP contribution is -2.46. The zero-order valence-corrected chi connectivity index (χ0v) is 17.2. The number of ether oxygens (including phenoxy) is 1. The summed E-state index contributed by atoms with van der Waals surface area (Å²) in [7, 11) is 1.64. The van der Waals surface area contributed by atoms with Gasteiger partial charge in [0.05, 0.1) is 12.9 Å². The Morgan fingerprint density at radius 2 is 1.93 bits per heavy atom. The van der Waals surface area contributed by atoms with Crippen molar-refractivity contribution in [2.45, 2.75) is 29.8 Å². The highest BCUT2D eigenvalue weighted by Gasteiger charge is 2.38. The minimum atomic E-state index is 0.0153. The van der Waals surface area contributed by atoms with E-state index in [1.165, 1.54) is 23.7 Å². The molecule has 1 aliphatic carbocycles. The molecule has 1 aliphatic rings. The van der Waals surface area contributed by atoms with Gasteiger partial charge in [-0.1, -0.05) is 48.5 Å². The van der Waals surface area contributed by atoms with Gasteiger partial charge in [0.15, 0.2) is 5.16 Å². The van der Waals surface area contributed by atoms with Crippen LogP contribution < -0.4 is 10.1 Å². The number of nitrogens with one attached hydrogen (secondary N) is 1. The number of hydrogen-bond acceptors (Lipinski definition) is 5. The molecule has 1 fully saturated rings. The van der Waals surface area contributed by atoms with Crippen molar-refractivity contribution in [1.82, 2.24) is 20.1 Å². The Bertz CT molecular complexity index is 952. The summed E-state index contributed by atoms with van der Waals surface area (Å²) in [6.45, 7) is 0.682. The summed E-state index contributed by atoms with van der Waals surface area (Å²) in [5.74, 6) is 1.11. The lowest BCUT2D eigenvalue weighted by atomic mass is 9.64. The van der Waals surface area contributed by atoms with Crippen molar-refractivity contribution < 1.29 is 9.53 Å². The third-order valence-electron chi connectivity index (χ3n) is 5.52. The molecule has 1 heterocycles. The van der Waals surface area contributed by atoms with Gasteiger partial charge in [-0.05, 0) is 42.7 Å². The lowest BCUT2D eigenvalue weighted by Gasteiger charge is -2.42. The van der Waals surface area contributed by atoms with Gasteiger partial charge in [0.1, 0.15) is 12.1 Å². The Labute approximate surface area is 174 Å². The first-order valence-corrected chi connectivity index (χ1v) is 10.7. The highest BCUT2D eigenvalue weighted by molar-refractivity contribution is 7.99. The molecule has 2 aromatic carbocycles. The zero-order valence-electron chi connectivity index (χ0n) is 16.4. The van der Waals surface area contributed by atoms with Crippen LogP contribution in [0.15, 0.2) is 66.1 Å². The van der Waals surface area contributed by atoms with Gasteiger partial charge >= 0.3 is 0 Å². The Kier molecular flexibility index (Phi) is 5.85. The van der Waals surface area contributed by atoms with Crippen molar-refractivity contribution in [3.05, 3.63) is 66.5 Å². The van der Waals surface area contributed by atoms with Gasteiger partial charge in [0, 0.05) is 17.6 Å². The van der Waals surface area contributed by atoms with Crippen molar-refractivity contribution in [3.8, 4) is 11.4 Å². The first kappa shape index (κ1) is 19.5. The molecule has 0 unspecified atom stereocenters. The van der Waals surface area contributed by atoms with Crippen LogP contribution >= 0.6 is 11.8 Å². The summed E-state index contributed by atoms with van der Waals surface area (Å²) in [5.41, 5.74) is 2.33. The van der Waals surface area contributed by atoms with Crippen LogP contribution in [0.3, 0.4) is 0 Å². The fraction of sp³-hybridized carbons (Fsp3) is 0.318. The van der Waals surface area contributed by atoms with Crippen LogP contribution in [0.25, 0.3) is 5.69 Å². The van der Waals surface area contributed by atoms with E-state index in [9.17, 15) is 4.79 Å². The second kappa shape index (κ2) is 8.69. The Hall–Kier alpha value is -2.80. The maximum Gasteiger partial charge on any atom is 0.230 e. The first-order chi connectivity index (χ1) is 14.2. The summed E-state index contributed by atoms with van der Waals surface area (Å²) >= 11 is 1.38. The SMILES string of the molecule is COc1ccc(-n2cnnc2SCC(=O)NCC2(c3ccccc3)CCC2)cc1. The van der Waals surface area contributed by atoms with Crippen molar-refractivity contribution in [2.75, 3.05) is 19.4 Å². The maximum atomic E-state index is 12.5. The van der Waals surface area contributed by atoms with Crippen molar-refractivity contribution >= 4 is 17.7 Å². The van der Waals surface area contributed by atoms with Gasteiger partial charge < -0.3 is 10.1 Å². The number of thioether (sulfide) groups is 1. The van der Waals surface area contributed by atoms with E-state index in [-0.39, 0.29) is 11.3 Å². The molecule has 0 atom stereocenters. The van der Waals surface area contributed by atoms with E-state index in [2.05, 4.69) is 39.8 Å². The van der Waals surface area contributed by atoms with E-state index >= 15 is 0 Å². The van der Waals surface area contributed by atoms with E-state index in [1.54, 1.807) is 13.4 Å². The monoisotopic (exact) mass is 408 g/mol. The van der Waals surface area contributed by atoms with Crippen molar-refractivity contribution in [2.24, 2.45) is 0 Å². The van der Waals surface area contributed by atoms with E-state index < -0.39 is 0 Å². The molecule has 7 heteroatoms. The van der Waals surface area contributed by atoms with Crippen LogP contribution in [0.5, 0.6) is 5.75 Å². The van der Waals surface area contributed by atoms with Crippen molar-refractivity contribution in [3.63, 3.8) is 0 Å². The molecule has 150 valence electrons. The van der Waals surface area contributed by atoms with E-state index in [1.807, 2.05) is 34.9 Å². The molecule has 0 saturated heterocycles. The standard InChI is InChI=1S/C22H24N4O2S/c1-28-19-10-8-18(9-11-19)26-16-24-25-21(26)29-14-20(27)23-15-22(12-5-13-22)17-6-3-2-4-7-17/h2-4,6-11,16H,5,12-15H2,1H3,(H,23,27). The minimum absolute atomic E-state index is 0.0153. The number of carbonyl (C=O) groups is 1. The molecule has 0 aliphatic heterocycles. The fourth-order valence-corrected chi connectivity index (χ4v) is 4.41.